The third kappa shape index (κ3) is 7.26. The van der Waals surface area contributed by atoms with Crippen molar-refractivity contribution in [2.24, 2.45) is 12.8 Å². The Morgan fingerprint density at radius 3 is 2.38 bits per heavy atom. The lowest BCUT2D eigenvalue weighted by Crippen LogP contribution is -2.43. The molecule has 4 N–H and O–H groups in total. The molecule has 14 heteroatoms. The maximum Gasteiger partial charge on any atom is 0.323 e. The lowest BCUT2D eigenvalue weighted by molar-refractivity contribution is -0.142. The number of likely N-dealkylation sites (N-methyl/N-ethyl adjacent to an activating group) is 1. The van der Waals surface area contributed by atoms with Crippen LogP contribution < -0.4 is 10.0 Å². The molecule has 0 atom stereocenters. The standard InChI is InChI=1S/C33H32N6O6S.ClH/c1-37-18-26(28(40)15-10-21-8-11-23(12-9-21)33(34)35)25-17-24(13-14-27(25)37)39(19-30(41)38(2)20-31(42)43)46(44,45)29-7-3-5-22-6-4-16-36-32(22)29;/h3-9,11-14,16-18H,10,15,19-20H2,1-2H3,(H3,34,35)(H,42,43);1H. The first-order valence-corrected chi connectivity index (χ1v) is 15.7. The number of pyridine rings is 1. The van der Waals surface area contributed by atoms with Crippen molar-refractivity contribution >= 4 is 73.4 Å². The van der Waals surface area contributed by atoms with Gasteiger partial charge in [-0.15, -0.1) is 12.4 Å². The number of hydrogen-bond donors (Lipinski definition) is 3. The van der Waals surface area contributed by atoms with E-state index in [4.69, 9.17) is 11.1 Å². The molecule has 0 saturated carbocycles. The molecule has 0 aliphatic rings. The van der Waals surface area contributed by atoms with Gasteiger partial charge < -0.3 is 20.3 Å². The summed E-state index contributed by atoms with van der Waals surface area (Å²) in [5.41, 5.74) is 8.42. The molecule has 5 aromatic rings. The number of benzene rings is 3. The second kappa shape index (κ2) is 14.0. The van der Waals surface area contributed by atoms with Gasteiger partial charge in [0.15, 0.2) is 5.78 Å². The van der Waals surface area contributed by atoms with Crippen LogP contribution in [-0.2, 0) is 33.1 Å². The number of sulfonamides is 1. The number of amidine groups is 1. The van der Waals surface area contributed by atoms with Crippen LogP contribution in [0.1, 0.15) is 27.9 Å². The highest BCUT2D eigenvalue weighted by Gasteiger charge is 2.31. The topological polar surface area (TPSA) is 180 Å². The number of aromatic nitrogens is 2. The first-order chi connectivity index (χ1) is 21.9. The molecule has 0 radical (unpaired) electrons. The van der Waals surface area contributed by atoms with Crippen molar-refractivity contribution in [2.75, 3.05) is 24.4 Å². The maximum atomic E-state index is 14.3. The predicted molar refractivity (Wildman–Crippen MR) is 182 cm³/mol. The van der Waals surface area contributed by atoms with E-state index in [2.05, 4.69) is 4.98 Å². The fourth-order valence-corrected chi connectivity index (χ4v) is 6.83. The summed E-state index contributed by atoms with van der Waals surface area (Å²) in [6, 6.07) is 20.0. The molecule has 12 nitrogen and oxygen atoms in total. The number of Topliss-reactive ketones (excluding diaryl/α,β-unsaturated/α-hetero) is 1. The van der Waals surface area contributed by atoms with Gasteiger partial charge in [-0.1, -0.05) is 42.5 Å². The number of hydrogen-bond acceptors (Lipinski definition) is 7. The van der Waals surface area contributed by atoms with Gasteiger partial charge in [0.05, 0.1) is 11.2 Å². The molecule has 244 valence electrons. The molecule has 3 aromatic carbocycles. The normalized spacial score (nSPS) is 11.2. The largest absolute Gasteiger partial charge is 0.480 e. The molecule has 2 aromatic heterocycles. The number of carbonyl (C=O) groups is 3. The van der Waals surface area contributed by atoms with Crippen LogP contribution in [0.3, 0.4) is 0 Å². The Morgan fingerprint density at radius 2 is 1.70 bits per heavy atom. The molecule has 0 aliphatic carbocycles. The van der Waals surface area contributed by atoms with Crippen molar-refractivity contribution in [1.29, 1.82) is 5.41 Å². The number of carbonyl (C=O) groups excluding carboxylic acids is 2. The van der Waals surface area contributed by atoms with Crippen LogP contribution in [0.2, 0.25) is 0 Å². The number of ketones is 1. The van der Waals surface area contributed by atoms with E-state index in [1.165, 1.54) is 19.3 Å². The van der Waals surface area contributed by atoms with Crippen LogP contribution in [0.5, 0.6) is 0 Å². The van der Waals surface area contributed by atoms with Gasteiger partial charge in [-0.25, -0.2) is 8.42 Å². The average Bonchev–Trinajstić information content (AvgIpc) is 3.37. The number of carboxylic acids is 1. The van der Waals surface area contributed by atoms with Gasteiger partial charge in [-0.3, -0.25) is 29.1 Å². The number of aryl methyl sites for hydroxylation is 2. The second-order valence-electron chi connectivity index (χ2n) is 10.9. The highest BCUT2D eigenvalue weighted by atomic mass is 35.5. The van der Waals surface area contributed by atoms with Crippen molar-refractivity contribution in [3.05, 3.63) is 102 Å². The summed E-state index contributed by atoms with van der Waals surface area (Å²) in [6.07, 6.45) is 3.77. The number of carboxylic acid groups (broad SMARTS) is 1. The number of rotatable bonds is 12. The summed E-state index contributed by atoms with van der Waals surface area (Å²) < 4.78 is 31.3. The lowest BCUT2D eigenvalue weighted by atomic mass is 10.0. The van der Waals surface area contributed by atoms with Crippen LogP contribution >= 0.6 is 12.4 Å². The van der Waals surface area contributed by atoms with Gasteiger partial charge >= 0.3 is 5.97 Å². The molecule has 0 saturated heterocycles. The summed E-state index contributed by atoms with van der Waals surface area (Å²) in [7, 11) is -1.37. The average molecular weight is 677 g/mol. The Bertz CT molecular complexity index is 2110. The minimum atomic E-state index is -4.43. The number of nitrogens with two attached hydrogens (primary N) is 1. The van der Waals surface area contributed by atoms with Gasteiger partial charge in [0.2, 0.25) is 5.91 Å². The lowest BCUT2D eigenvalue weighted by Gasteiger charge is -2.26. The summed E-state index contributed by atoms with van der Waals surface area (Å²) in [5, 5.41) is 17.9. The number of anilines is 1. The molecular formula is C33H33ClN6O6S. The molecule has 47 heavy (non-hydrogen) atoms. The first-order valence-electron chi connectivity index (χ1n) is 14.2. The maximum absolute atomic E-state index is 14.3. The van der Waals surface area contributed by atoms with Gasteiger partial charge in [-0.05, 0) is 42.3 Å². The number of para-hydroxylation sites is 1. The zero-order valence-corrected chi connectivity index (χ0v) is 27.2. The number of halogens is 1. The van der Waals surface area contributed by atoms with E-state index in [-0.39, 0.29) is 46.5 Å². The summed E-state index contributed by atoms with van der Waals surface area (Å²) >= 11 is 0. The number of aliphatic carboxylic acids is 1. The summed E-state index contributed by atoms with van der Waals surface area (Å²) in [5.74, 6) is -2.19. The molecule has 0 spiro atoms. The van der Waals surface area contributed by atoms with Crippen molar-refractivity contribution in [3.63, 3.8) is 0 Å². The van der Waals surface area contributed by atoms with E-state index in [0.29, 0.717) is 33.8 Å². The number of amides is 1. The minimum Gasteiger partial charge on any atom is -0.480 e. The zero-order chi connectivity index (χ0) is 33.2. The van der Waals surface area contributed by atoms with Crippen LogP contribution in [-0.4, -0.2) is 71.6 Å². The van der Waals surface area contributed by atoms with Crippen molar-refractivity contribution in [3.8, 4) is 0 Å². The van der Waals surface area contributed by atoms with E-state index in [1.807, 2.05) is 12.1 Å². The number of fused-ring (bicyclic) bond motifs is 2. The van der Waals surface area contributed by atoms with Crippen LogP contribution in [0.25, 0.3) is 21.8 Å². The molecule has 1 amide bonds. The Balaban J connectivity index is 0.00000500. The van der Waals surface area contributed by atoms with Gasteiger partial charge in [0.25, 0.3) is 10.0 Å². The van der Waals surface area contributed by atoms with E-state index in [1.54, 1.807) is 72.4 Å². The van der Waals surface area contributed by atoms with Gasteiger partial charge in [0, 0.05) is 60.3 Å². The van der Waals surface area contributed by atoms with E-state index < -0.39 is 35.0 Å². The molecule has 2 heterocycles. The molecular weight excluding hydrogens is 644 g/mol. The Labute approximate surface area is 277 Å². The minimum absolute atomic E-state index is 0. The zero-order valence-electron chi connectivity index (χ0n) is 25.6. The number of nitrogens with one attached hydrogen (secondary N) is 1. The van der Waals surface area contributed by atoms with E-state index in [0.717, 1.165) is 14.8 Å². The fraction of sp³-hybridized carbons (Fsp3) is 0.182. The fourth-order valence-electron chi connectivity index (χ4n) is 5.25. The van der Waals surface area contributed by atoms with Crippen LogP contribution in [0.4, 0.5) is 5.69 Å². The van der Waals surface area contributed by atoms with E-state index >= 15 is 0 Å². The van der Waals surface area contributed by atoms with Crippen molar-refractivity contribution in [1.82, 2.24) is 14.5 Å². The molecule has 0 aliphatic heterocycles. The SMILES string of the molecule is CN(CC(=O)O)C(=O)CN(c1ccc2c(c1)c(C(=O)CCc1ccc(C(=N)N)cc1)cn2C)S(=O)(=O)c1cccc2cccnc12.Cl. The Morgan fingerprint density at radius 1 is 1.00 bits per heavy atom. The first kappa shape index (κ1) is 34.6. The molecule has 0 bridgehead atoms. The van der Waals surface area contributed by atoms with Gasteiger partial charge in [0.1, 0.15) is 23.8 Å². The third-order valence-corrected chi connectivity index (χ3v) is 9.51. The number of nitrogens with zero attached hydrogens (tertiary/aromatic N) is 4. The smallest absolute Gasteiger partial charge is 0.323 e. The highest BCUT2D eigenvalue weighted by Crippen LogP contribution is 2.32. The second-order valence-corrected chi connectivity index (χ2v) is 12.7. The number of nitrogen functional groups attached to an aromatic ring is 1. The molecule has 0 fully saturated rings. The Kier molecular flexibility index (Phi) is 10.3. The van der Waals surface area contributed by atoms with Crippen molar-refractivity contribution < 1.29 is 27.9 Å². The van der Waals surface area contributed by atoms with E-state index in [9.17, 15) is 27.9 Å². The third-order valence-electron chi connectivity index (χ3n) is 7.71. The predicted octanol–water partition coefficient (Wildman–Crippen LogP) is 3.99. The molecule has 0 unspecified atom stereocenters. The summed E-state index contributed by atoms with van der Waals surface area (Å²) in [6.45, 7) is -1.30. The van der Waals surface area contributed by atoms with Gasteiger partial charge in [-0.2, -0.15) is 0 Å². The van der Waals surface area contributed by atoms with Crippen LogP contribution in [0, 0.1) is 5.41 Å². The monoisotopic (exact) mass is 676 g/mol. The molecule has 5 rings (SSSR count). The van der Waals surface area contributed by atoms with Crippen LogP contribution in [0.15, 0.2) is 90.1 Å². The quantitative estimate of drug-likeness (QED) is 0.101. The summed E-state index contributed by atoms with van der Waals surface area (Å²) in [4.78, 5) is 43.1. The Hall–Kier alpha value is -5.27. The highest BCUT2D eigenvalue weighted by molar-refractivity contribution is 7.93. The van der Waals surface area contributed by atoms with Crippen molar-refractivity contribution in [2.45, 2.75) is 17.7 Å².